The Morgan fingerprint density at radius 3 is 1.24 bits per heavy atom. The van der Waals surface area contributed by atoms with Gasteiger partial charge in [-0.1, -0.05) is 164 Å². The first-order valence-electron chi connectivity index (χ1n) is 19.5. The molecule has 50 heavy (non-hydrogen) atoms. The van der Waals surface area contributed by atoms with Crippen LogP contribution in [0.3, 0.4) is 0 Å². The summed E-state index contributed by atoms with van der Waals surface area (Å²) in [7, 11) is -2.27. The SMILES string of the molecule is CCCCCCc1[cH-]c2cccc(-c3ccc(CC)cc3)c2c1[Si](C)(C)c1c(CCCCCC)[cH-]c2cccc(-c3ccc(CC)cc3)c12.[Zr+2]. The molecule has 0 aromatic heterocycles. The normalized spacial score (nSPS) is 11.8. The van der Waals surface area contributed by atoms with Crippen molar-refractivity contribution < 1.29 is 26.2 Å². The summed E-state index contributed by atoms with van der Waals surface area (Å²) in [6.07, 6.45) is 14.8. The van der Waals surface area contributed by atoms with E-state index in [-0.39, 0.29) is 26.2 Å². The molecule has 0 aliphatic carbocycles. The zero-order chi connectivity index (χ0) is 34.4. The summed E-state index contributed by atoms with van der Waals surface area (Å²) in [6, 6.07) is 38.1. The van der Waals surface area contributed by atoms with Gasteiger partial charge in [0.1, 0.15) is 0 Å². The summed E-state index contributed by atoms with van der Waals surface area (Å²) < 4.78 is 0. The van der Waals surface area contributed by atoms with E-state index in [2.05, 4.69) is 138 Å². The molecular formula is C48H58SiZr. The molecule has 0 aliphatic rings. The summed E-state index contributed by atoms with van der Waals surface area (Å²) in [6.45, 7) is 14.5. The first-order chi connectivity index (χ1) is 23.9. The fourth-order valence-electron chi connectivity index (χ4n) is 8.53. The molecule has 0 nitrogen and oxygen atoms in total. The maximum atomic E-state index is 2.69. The molecule has 0 spiro atoms. The van der Waals surface area contributed by atoms with Gasteiger partial charge in [0.25, 0.3) is 0 Å². The van der Waals surface area contributed by atoms with Crippen LogP contribution >= 0.6 is 0 Å². The number of benzene rings is 4. The van der Waals surface area contributed by atoms with Gasteiger partial charge in [-0.2, -0.15) is 10.4 Å². The molecule has 6 rings (SSSR count). The molecule has 258 valence electrons. The van der Waals surface area contributed by atoms with Crippen LogP contribution in [0.1, 0.15) is 101 Å². The second-order valence-corrected chi connectivity index (χ2v) is 19.2. The van der Waals surface area contributed by atoms with Gasteiger partial charge in [0, 0.05) is 8.07 Å². The summed E-state index contributed by atoms with van der Waals surface area (Å²) in [5.74, 6) is 0. The monoisotopic (exact) mass is 752 g/mol. The number of hydrogen-bond donors (Lipinski definition) is 0. The van der Waals surface area contributed by atoms with Crippen molar-refractivity contribution in [2.75, 3.05) is 0 Å². The third kappa shape index (κ3) is 7.98. The van der Waals surface area contributed by atoms with Crippen LogP contribution in [0, 0.1) is 0 Å². The van der Waals surface area contributed by atoms with Crippen LogP contribution in [0.25, 0.3) is 43.8 Å². The van der Waals surface area contributed by atoms with Crippen LogP contribution in [0.15, 0.2) is 97.1 Å². The van der Waals surface area contributed by atoms with E-state index in [4.69, 9.17) is 0 Å². The molecule has 0 heterocycles. The second-order valence-electron chi connectivity index (χ2n) is 15.0. The van der Waals surface area contributed by atoms with Crippen LogP contribution in [0.2, 0.25) is 13.1 Å². The topological polar surface area (TPSA) is 0 Å². The Bertz CT molecular complexity index is 1820. The standard InChI is InChI=1S/C48H58Si.Zr/c1-7-11-13-15-19-41-33-39-21-17-23-43(37-29-25-35(9-3)26-30-37)45(39)47(41)49(5,6)48-42(20-16-14-12-8-2)34-40-22-18-24-44(46(40)48)38-31-27-36(10-4)28-32-38;/h17-18,21-34H,7-16,19-20H2,1-6H3;/q-2;+2. The fraction of sp³-hybridized carbons (Fsp3) is 0.375. The van der Waals surface area contributed by atoms with Gasteiger partial charge in [0.2, 0.25) is 0 Å². The van der Waals surface area contributed by atoms with Gasteiger partial charge in [-0.15, -0.1) is 69.1 Å². The molecule has 0 fully saturated rings. The molecule has 0 radical (unpaired) electrons. The predicted octanol–water partition coefficient (Wildman–Crippen LogP) is 13.0. The molecule has 0 saturated carbocycles. The Hall–Kier alpha value is -2.80. The molecule has 0 saturated heterocycles. The third-order valence-electron chi connectivity index (χ3n) is 11.2. The molecule has 0 N–H and O–H groups in total. The first-order valence-corrected chi connectivity index (χ1v) is 22.5. The zero-order valence-electron chi connectivity index (χ0n) is 31.7. The first kappa shape index (κ1) is 38.4. The smallest absolute Gasteiger partial charge is 0.158 e. The Morgan fingerprint density at radius 1 is 0.480 bits per heavy atom. The van der Waals surface area contributed by atoms with Crippen LogP contribution in [-0.2, 0) is 51.9 Å². The molecule has 6 aromatic rings. The van der Waals surface area contributed by atoms with E-state index in [9.17, 15) is 0 Å². The van der Waals surface area contributed by atoms with E-state index >= 15 is 0 Å². The number of hydrogen-bond acceptors (Lipinski definition) is 0. The average Bonchev–Trinajstić information content (AvgIpc) is 3.71. The van der Waals surface area contributed by atoms with E-state index in [0.717, 1.165) is 12.8 Å². The molecule has 2 heteroatoms. The Morgan fingerprint density at radius 2 is 0.880 bits per heavy atom. The van der Waals surface area contributed by atoms with Crippen molar-refractivity contribution in [2.24, 2.45) is 0 Å². The zero-order valence-corrected chi connectivity index (χ0v) is 35.2. The molecular weight excluding hydrogens is 696 g/mol. The predicted molar refractivity (Wildman–Crippen MR) is 221 cm³/mol. The van der Waals surface area contributed by atoms with Gasteiger partial charge < -0.3 is 0 Å². The summed E-state index contributed by atoms with van der Waals surface area (Å²) in [4.78, 5) is 0. The summed E-state index contributed by atoms with van der Waals surface area (Å²) >= 11 is 0. The van der Waals surface area contributed by atoms with Crippen molar-refractivity contribution in [3.63, 3.8) is 0 Å². The van der Waals surface area contributed by atoms with Crippen molar-refractivity contribution >= 4 is 40.0 Å². The van der Waals surface area contributed by atoms with Gasteiger partial charge in [-0.05, 0) is 47.9 Å². The van der Waals surface area contributed by atoms with Crippen LogP contribution in [0.5, 0.6) is 0 Å². The maximum absolute atomic E-state index is 2.69. The van der Waals surface area contributed by atoms with Crippen molar-refractivity contribution in [1.82, 2.24) is 0 Å². The van der Waals surface area contributed by atoms with Crippen molar-refractivity contribution in [3.05, 3.63) is 119 Å². The molecule has 6 aromatic carbocycles. The van der Waals surface area contributed by atoms with Gasteiger partial charge in [-0.3, -0.25) is 0 Å². The van der Waals surface area contributed by atoms with Crippen LogP contribution in [0.4, 0.5) is 0 Å². The Labute approximate surface area is 323 Å². The van der Waals surface area contributed by atoms with Gasteiger partial charge in [-0.25, -0.2) is 0 Å². The number of aryl methyl sites for hydroxylation is 4. The van der Waals surface area contributed by atoms with Gasteiger partial charge in [0.15, 0.2) is 0 Å². The molecule has 0 aliphatic heterocycles. The maximum Gasteiger partial charge on any atom is 2.00 e. The van der Waals surface area contributed by atoms with Crippen molar-refractivity contribution in [1.29, 1.82) is 0 Å². The molecule has 0 atom stereocenters. The minimum absolute atomic E-state index is 0. The van der Waals surface area contributed by atoms with E-state index in [0.29, 0.717) is 0 Å². The van der Waals surface area contributed by atoms with Crippen molar-refractivity contribution in [3.8, 4) is 22.3 Å². The average molecular weight is 754 g/mol. The fourth-order valence-corrected chi connectivity index (χ4v) is 12.6. The number of unbranched alkanes of at least 4 members (excludes halogenated alkanes) is 6. The van der Waals surface area contributed by atoms with Crippen molar-refractivity contribution in [2.45, 2.75) is 118 Å². The largest absolute Gasteiger partial charge is 2.00 e. The van der Waals surface area contributed by atoms with E-state index < -0.39 is 8.07 Å². The van der Waals surface area contributed by atoms with E-state index in [1.54, 1.807) is 21.5 Å². The minimum Gasteiger partial charge on any atom is -0.158 e. The Balaban J connectivity index is 0.00000486. The van der Waals surface area contributed by atoms with E-state index in [1.165, 1.54) is 119 Å². The number of fused-ring (bicyclic) bond motifs is 2. The Kier molecular flexibility index (Phi) is 13.5. The second kappa shape index (κ2) is 17.6. The van der Waals surface area contributed by atoms with Crippen LogP contribution in [-0.4, -0.2) is 8.07 Å². The van der Waals surface area contributed by atoms with E-state index in [1.807, 2.05) is 0 Å². The van der Waals surface area contributed by atoms with Crippen LogP contribution < -0.4 is 10.4 Å². The number of rotatable bonds is 16. The summed E-state index contributed by atoms with van der Waals surface area (Å²) in [5.41, 5.74) is 11.5. The third-order valence-corrected chi connectivity index (χ3v) is 14.8. The van der Waals surface area contributed by atoms with Gasteiger partial charge >= 0.3 is 26.2 Å². The summed E-state index contributed by atoms with van der Waals surface area (Å²) in [5, 5.41) is 9.26. The molecule has 0 amide bonds. The van der Waals surface area contributed by atoms with Gasteiger partial charge in [0.05, 0.1) is 0 Å². The molecule has 0 bridgehead atoms. The minimum atomic E-state index is -2.27. The quantitative estimate of drug-likeness (QED) is 0.0524. The molecule has 0 unspecified atom stereocenters.